The van der Waals surface area contributed by atoms with Crippen LogP contribution in [0.4, 0.5) is 0 Å². The van der Waals surface area contributed by atoms with Crippen LogP contribution in [0.15, 0.2) is 108 Å². The zero-order valence-electron chi connectivity index (χ0n) is 38.7. The minimum atomic E-state index is -1.16. The predicted octanol–water partition coefficient (Wildman–Crippen LogP) is 13.4. The Bertz CT molecular complexity index is 2380. The van der Waals surface area contributed by atoms with Crippen LogP contribution >= 0.6 is 34.8 Å². The molecule has 2 aliphatic carbocycles. The van der Waals surface area contributed by atoms with E-state index < -0.39 is 5.60 Å². The number of rotatable bonds is 25. The lowest BCUT2D eigenvalue weighted by Gasteiger charge is -2.44. The molecule has 0 unspecified atom stereocenters. The van der Waals surface area contributed by atoms with Gasteiger partial charge in [0.25, 0.3) is 5.91 Å². The molecule has 2 aromatic heterocycles. The van der Waals surface area contributed by atoms with Crippen LogP contribution in [0.2, 0.25) is 15.1 Å². The minimum absolute atomic E-state index is 0.00561. The van der Waals surface area contributed by atoms with Crippen LogP contribution in [0, 0.1) is 0 Å². The van der Waals surface area contributed by atoms with Crippen molar-refractivity contribution >= 4 is 46.6 Å². The van der Waals surface area contributed by atoms with Gasteiger partial charge in [-0.3, -0.25) is 14.3 Å². The van der Waals surface area contributed by atoms with E-state index in [1.54, 1.807) is 42.3 Å². The average Bonchev–Trinajstić information content (AvgIpc) is 3.89. The first-order chi connectivity index (χ1) is 31.9. The highest BCUT2D eigenvalue weighted by Gasteiger charge is 2.47. The molecule has 6 rings (SSSR count). The number of nitrogens with one attached hydrogen (secondary N) is 1. The Morgan fingerprint density at radius 3 is 2.15 bits per heavy atom. The molecule has 66 heavy (non-hydrogen) atoms. The largest absolute Gasteiger partial charge is 0.489 e. The Morgan fingerprint density at radius 2 is 1.55 bits per heavy atom. The van der Waals surface area contributed by atoms with Crippen molar-refractivity contribution in [3.63, 3.8) is 0 Å². The van der Waals surface area contributed by atoms with Gasteiger partial charge in [0.15, 0.2) is 0 Å². The van der Waals surface area contributed by atoms with Crippen LogP contribution in [-0.2, 0) is 17.0 Å². The topological polar surface area (TPSA) is 123 Å². The maximum atomic E-state index is 13.3. The maximum Gasteiger partial charge on any atom is 0.271 e. The first-order valence-electron chi connectivity index (χ1n) is 23.3. The number of carbonyl (C=O) groups excluding carboxylic acids is 2. The Balaban J connectivity index is 0.922. The van der Waals surface area contributed by atoms with Crippen LogP contribution in [0.3, 0.4) is 0 Å². The number of aliphatic hydroxyl groups is 1. The van der Waals surface area contributed by atoms with Gasteiger partial charge in [0.05, 0.1) is 26.2 Å². The molecular weight excluding hydrogens is 893 g/mol. The Labute approximate surface area is 405 Å². The summed E-state index contributed by atoms with van der Waals surface area (Å²) in [5.74, 6) is 1.29. The molecule has 2 amide bonds. The molecule has 2 heterocycles. The molecule has 2 fully saturated rings. The van der Waals surface area contributed by atoms with E-state index in [2.05, 4.69) is 83.3 Å². The van der Waals surface area contributed by atoms with Crippen molar-refractivity contribution in [1.82, 2.24) is 25.2 Å². The molecular formula is C53H64Cl3N5O5. The van der Waals surface area contributed by atoms with E-state index >= 15 is 0 Å². The quantitative estimate of drug-likeness (QED) is 0.0501. The third-order valence-corrected chi connectivity index (χ3v) is 12.9. The van der Waals surface area contributed by atoms with Crippen LogP contribution < -0.4 is 10.1 Å². The SMILES string of the molecule is CCC=CCC=CCC=CCC=CCC=CCCCC(=O)N(C)CCNC(=O)c1cc(C2CC(O)(c3ccc(OCc4c(-c5c(Cl)cccc5Cl)noc4C4CC4)cc3Cl)C2)n(C(C)C)n1. The first-order valence-corrected chi connectivity index (χ1v) is 24.5. The lowest BCUT2D eigenvalue weighted by atomic mass is 9.66. The van der Waals surface area contributed by atoms with Gasteiger partial charge in [0.1, 0.15) is 29.5 Å². The summed E-state index contributed by atoms with van der Waals surface area (Å²) in [6.45, 7) is 7.04. The molecule has 2 N–H and O–H groups in total. The molecule has 13 heteroatoms. The summed E-state index contributed by atoms with van der Waals surface area (Å²) in [5.41, 5.74) is 2.59. The number of hydrogen-bond acceptors (Lipinski definition) is 7. The molecule has 352 valence electrons. The van der Waals surface area contributed by atoms with E-state index in [0.29, 0.717) is 75.7 Å². The zero-order chi connectivity index (χ0) is 47.1. The molecule has 0 saturated heterocycles. The van der Waals surface area contributed by atoms with E-state index in [1.165, 1.54) is 0 Å². The first kappa shape index (κ1) is 50.5. The number of ether oxygens (including phenoxy) is 1. The van der Waals surface area contributed by atoms with Crippen LogP contribution in [-0.4, -0.2) is 56.9 Å². The van der Waals surface area contributed by atoms with Crippen molar-refractivity contribution in [2.24, 2.45) is 0 Å². The average molecular weight is 957 g/mol. The predicted molar refractivity (Wildman–Crippen MR) is 266 cm³/mol. The Hall–Kier alpha value is -4.87. The molecule has 0 radical (unpaired) electrons. The summed E-state index contributed by atoms with van der Waals surface area (Å²) in [7, 11) is 1.76. The van der Waals surface area contributed by atoms with Crippen molar-refractivity contribution in [2.75, 3.05) is 20.1 Å². The number of allylic oxidation sites excluding steroid dienone is 10. The second kappa shape index (κ2) is 24.8. The third-order valence-electron chi connectivity index (χ3n) is 11.9. The summed E-state index contributed by atoms with van der Waals surface area (Å²) >= 11 is 19.9. The van der Waals surface area contributed by atoms with Gasteiger partial charge < -0.3 is 24.6 Å². The normalized spacial score (nSPS) is 17.6. The van der Waals surface area contributed by atoms with Crippen LogP contribution in [0.5, 0.6) is 5.75 Å². The molecule has 0 spiro atoms. The summed E-state index contributed by atoms with van der Waals surface area (Å²) in [6.07, 6.45) is 31.5. The van der Waals surface area contributed by atoms with E-state index in [9.17, 15) is 14.7 Å². The molecule has 0 aliphatic heterocycles. The van der Waals surface area contributed by atoms with E-state index in [0.717, 1.165) is 74.8 Å². The highest BCUT2D eigenvalue weighted by Crippen LogP contribution is 2.53. The number of unbranched alkanes of at least 4 members (excludes halogenated alkanes) is 1. The minimum Gasteiger partial charge on any atom is -0.489 e. The fourth-order valence-electron chi connectivity index (χ4n) is 8.07. The van der Waals surface area contributed by atoms with Crippen molar-refractivity contribution in [3.8, 4) is 17.0 Å². The third kappa shape index (κ3) is 13.8. The van der Waals surface area contributed by atoms with Gasteiger partial charge in [0, 0.05) is 61.3 Å². The lowest BCUT2D eigenvalue weighted by molar-refractivity contribution is -0.129. The lowest BCUT2D eigenvalue weighted by Crippen LogP contribution is -2.41. The zero-order valence-corrected chi connectivity index (χ0v) is 40.9. The van der Waals surface area contributed by atoms with Gasteiger partial charge in [-0.2, -0.15) is 5.10 Å². The van der Waals surface area contributed by atoms with Gasteiger partial charge in [-0.1, -0.05) is 120 Å². The van der Waals surface area contributed by atoms with Crippen molar-refractivity contribution in [1.29, 1.82) is 0 Å². The molecule has 0 atom stereocenters. The number of nitrogens with zero attached hydrogens (tertiary/aromatic N) is 4. The van der Waals surface area contributed by atoms with E-state index in [-0.39, 0.29) is 36.3 Å². The molecule has 10 nitrogen and oxygen atoms in total. The van der Waals surface area contributed by atoms with Gasteiger partial charge in [-0.25, -0.2) is 0 Å². The smallest absolute Gasteiger partial charge is 0.271 e. The number of benzene rings is 2. The molecule has 0 bridgehead atoms. The van der Waals surface area contributed by atoms with Gasteiger partial charge in [-0.05, 0) is 115 Å². The standard InChI is InChI=1S/C53H64Cl3N5O5/c1-5-6-7-8-9-10-11-12-13-14-15-16-17-18-19-20-21-25-48(62)60(4)31-30-57-52(63)46-33-47(61(58-46)37(2)3)39-34-53(64,35-39)42-29-28-40(32-45(42)56)65-36-41-50(59-66-51(41)38-26-27-38)49-43(54)23-22-24-44(49)55/h6-7,9-10,12-13,15-16,18-19,22-24,28-29,32-33,37-39,64H,5,8,11,14,17,20-21,25-27,30-31,34-36H2,1-4H3,(H,57,63). The maximum absolute atomic E-state index is 13.3. The molecule has 2 aliphatic rings. The number of amides is 2. The van der Waals surface area contributed by atoms with E-state index in [1.807, 2.05) is 30.7 Å². The fraction of sp³-hybridized carbons (Fsp3) is 0.434. The molecule has 4 aromatic rings. The fourth-order valence-corrected chi connectivity index (χ4v) is 9.00. The van der Waals surface area contributed by atoms with Gasteiger partial charge >= 0.3 is 0 Å². The summed E-state index contributed by atoms with van der Waals surface area (Å²) in [4.78, 5) is 27.7. The number of carbonyl (C=O) groups is 2. The van der Waals surface area contributed by atoms with Crippen molar-refractivity contribution in [2.45, 2.75) is 128 Å². The highest BCUT2D eigenvalue weighted by molar-refractivity contribution is 6.39. The number of hydrogen-bond donors (Lipinski definition) is 2. The summed E-state index contributed by atoms with van der Waals surface area (Å²) in [5, 5.41) is 25.1. The summed E-state index contributed by atoms with van der Waals surface area (Å²) < 4.78 is 13.9. The highest BCUT2D eigenvalue weighted by atomic mass is 35.5. The molecule has 2 saturated carbocycles. The Kier molecular flexibility index (Phi) is 19.0. The van der Waals surface area contributed by atoms with Crippen molar-refractivity contribution in [3.05, 3.63) is 147 Å². The number of likely N-dealkylation sites (N-methyl/N-ethyl adjacent to an activating group) is 1. The van der Waals surface area contributed by atoms with E-state index in [4.69, 9.17) is 44.1 Å². The number of halogens is 3. The monoisotopic (exact) mass is 955 g/mol. The van der Waals surface area contributed by atoms with Gasteiger partial charge in [0.2, 0.25) is 5.91 Å². The summed E-state index contributed by atoms with van der Waals surface area (Å²) in [6, 6.07) is 12.5. The van der Waals surface area contributed by atoms with Crippen LogP contribution in [0.25, 0.3) is 11.3 Å². The second-order valence-corrected chi connectivity index (χ2v) is 18.7. The molecule has 2 aromatic carbocycles. The van der Waals surface area contributed by atoms with Crippen molar-refractivity contribution < 1.29 is 24.0 Å². The number of aromatic nitrogens is 3. The Morgan fingerprint density at radius 1 is 0.909 bits per heavy atom. The van der Waals surface area contributed by atoms with Gasteiger partial charge in [-0.15, -0.1) is 0 Å². The van der Waals surface area contributed by atoms with Crippen LogP contribution in [0.1, 0.15) is 149 Å². The second-order valence-electron chi connectivity index (χ2n) is 17.5.